The summed E-state index contributed by atoms with van der Waals surface area (Å²) in [5.41, 5.74) is 5.99. The van der Waals surface area contributed by atoms with Gasteiger partial charge in [-0.15, -0.1) is 0 Å². The molecule has 0 aromatic heterocycles. The smallest absolute Gasteiger partial charge is 0.244 e. The summed E-state index contributed by atoms with van der Waals surface area (Å²) < 4.78 is 10.4. The summed E-state index contributed by atoms with van der Waals surface area (Å²) in [4.78, 5) is 12.0. The number of nitrogens with one attached hydrogen (secondary N) is 1. The van der Waals surface area contributed by atoms with Crippen molar-refractivity contribution in [3.05, 3.63) is 24.3 Å². The second-order valence-corrected chi connectivity index (χ2v) is 4.83. The first kappa shape index (κ1) is 13.8. The van der Waals surface area contributed by atoms with E-state index in [0.717, 1.165) is 19.3 Å². The summed E-state index contributed by atoms with van der Waals surface area (Å²) in [5.74, 6) is 0.585. The van der Waals surface area contributed by atoms with Gasteiger partial charge in [0.2, 0.25) is 5.91 Å². The Kier molecular flexibility index (Phi) is 4.39. The van der Waals surface area contributed by atoms with Crippen molar-refractivity contribution in [2.24, 2.45) is 5.73 Å². The third-order valence-corrected chi connectivity index (χ3v) is 3.35. The summed E-state index contributed by atoms with van der Waals surface area (Å²) in [6, 6.07) is 7.29. The molecular weight excluding hydrogens is 244 g/mol. The third-order valence-electron chi connectivity index (χ3n) is 3.35. The molecule has 0 unspecified atom stereocenters. The summed E-state index contributed by atoms with van der Waals surface area (Å²) >= 11 is 0. The molecule has 1 saturated carbocycles. The van der Waals surface area contributed by atoms with Gasteiger partial charge in [-0.1, -0.05) is 6.07 Å². The molecule has 0 saturated heterocycles. The molecule has 0 bridgehead atoms. The van der Waals surface area contributed by atoms with Crippen LogP contribution in [0.5, 0.6) is 5.75 Å². The largest absolute Gasteiger partial charge is 0.491 e. The van der Waals surface area contributed by atoms with Gasteiger partial charge in [0.25, 0.3) is 0 Å². The van der Waals surface area contributed by atoms with E-state index in [9.17, 15) is 4.79 Å². The monoisotopic (exact) mass is 264 g/mol. The fourth-order valence-corrected chi connectivity index (χ4v) is 1.95. The number of ether oxygens (including phenoxy) is 2. The minimum atomic E-state index is -0.688. The van der Waals surface area contributed by atoms with Crippen molar-refractivity contribution < 1.29 is 14.3 Å². The number of rotatable bonds is 6. The van der Waals surface area contributed by atoms with Crippen LogP contribution in [0.15, 0.2) is 24.3 Å². The number of nitrogens with two attached hydrogens (primary N) is 1. The molecule has 3 N–H and O–H groups in total. The highest BCUT2D eigenvalue weighted by atomic mass is 16.5. The molecule has 19 heavy (non-hydrogen) atoms. The van der Waals surface area contributed by atoms with Crippen molar-refractivity contribution in [2.75, 3.05) is 25.6 Å². The number of methoxy groups -OCH3 is 1. The van der Waals surface area contributed by atoms with Crippen LogP contribution in [-0.2, 0) is 9.53 Å². The first-order valence-electron chi connectivity index (χ1n) is 6.46. The predicted molar refractivity (Wildman–Crippen MR) is 73.2 cm³/mol. The van der Waals surface area contributed by atoms with E-state index in [1.54, 1.807) is 13.2 Å². The Morgan fingerprint density at radius 3 is 2.84 bits per heavy atom. The van der Waals surface area contributed by atoms with Crippen molar-refractivity contribution in [1.29, 1.82) is 0 Å². The van der Waals surface area contributed by atoms with Crippen molar-refractivity contribution >= 4 is 11.6 Å². The lowest BCUT2D eigenvalue weighted by atomic mass is 9.77. The van der Waals surface area contributed by atoms with Crippen LogP contribution < -0.4 is 15.8 Å². The third kappa shape index (κ3) is 3.45. The maximum atomic E-state index is 12.0. The molecule has 0 radical (unpaired) electrons. The first-order chi connectivity index (χ1) is 9.14. The van der Waals surface area contributed by atoms with Gasteiger partial charge in [-0.05, 0) is 31.4 Å². The van der Waals surface area contributed by atoms with Gasteiger partial charge < -0.3 is 20.5 Å². The molecule has 1 aromatic rings. The van der Waals surface area contributed by atoms with Crippen LogP contribution in [0.1, 0.15) is 19.3 Å². The van der Waals surface area contributed by atoms with E-state index in [0.29, 0.717) is 24.7 Å². The average Bonchev–Trinajstić information content (AvgIpc) is 2.36. The highest BCUT2D eigenvalue weighted by Gasteiger charge is 2.40. The minimum absolute atomic E-state index is 0.118. The summed E-state index contributed by atoms with van der Waals surface area (Å²) in [6.45, 7) is 1.01. The van der Waals surface area contributed by atoms with Gasteiger partial charge in [-0.3, -0.25) is 4.79 Å². The summed E-state index contributed by atoms with van der Waals surface area (Å²) in [7, 11) is 1.62. The van der Waals surface area contributed by atoms with E-state index in [-0.39, 0.29) is 5.91 Å². The number of amides is 1. The zero-order valence-corrected chi connectivity index (χ0v) is 11.1. The van der Waals surface area contributed by atoms with Crippen molar-refractivity contribution in [1.82, 2.24) is 0 Å². The van der Waals surface area contributed by atoms with Gasteiger partial charge in [0.1, 0.15) is 12.4 Å². The lowest BCUT2D eigenvalue weighted by Crippen LogP contribution is -2.56. The standard InChI is InChI=1S/C14H20N2O3/c1-18-8-9-19-12-5-2-4-11(10-12)16-13(17)14(15)6-3-7-14/h2,4-5,10H,3,6-9,15H2,1H3,(H,16,17). The van der Waals surface area contributed by atoms with E-state index >= 15 is 0 Å². The van der Waals surface area contributed by atoms with E-state index in [1.165, 1.54) is 0 Å². The number of hydrogen-bond acceptors (Lipinski definition) is 4. The normalized spacial score (nSPS) is 16.5. The second kappa shape index (κ2) is 6.04. The number of carbonyl (C=O) groups is 1. The Hall–Kier alpha value is -1.59. The average molecular weight is 264 g/mol. The number of benzene rings is 1. The van der Waals surface area contributed by atoms with Gasteiger partial charge in [0.15, 0.2) is 0 Å². The highest BCUT2D eigenvalue weighted by molar-refractivity contribution is 5.98. The minimum Gasteiger partial charge on any atom is -0.491 e. The van der Waals surface area contributed by atoms with Crippen LogP contribution in [-0.4, -0.2) is 31.8 Å². The Balaban J connectivity index is 1.93. The fraction of sp³-hybridized carbons (Fsp3) is 0.500. The topological polar surface area (TPSA) is 73.6 Å². The van der Waals surface area contributed by atoms with Gasteiger partial charge in [-0.2, -0.15) is 0 Å². The molecule has 1 fully saturated rings. The molecule has 5 heteroatoms. The zero-order chi connectivity index (χ0) is 13.7. The van der Waals surface area contributed by atoms with Crippen LogP contribution in [0.3, 0.4) is 0 Å². The molecular formula is C14H20N2O3. The fourth-order valence-electron chi connectivity index (χ4n) is 1.95. The van der Waals surface area contributed by atoms with Gasteiger partial charge in [0, 0.05) is 18.9 Å². The number of hydrogen-bond donors (Lipinski definition) is 2. The molecule has 104 valence electrons. The molecule has 1 aliphatic carbocycles. The summed E-state index contributed by atoms with van der Waals surface area (Å²) in [6.07, 6.45) is 2.52. The van der Waals surface area contributed by atoms with Crippen LogP contribution in [0, 0.1) is 0 Å². The molecule has 0 atom stereocenters. The molecule has 0 aliphatic heterocycles. The van der Waals surface area contributed by atoms with Crippen LogP contribution in [0.4, 0.5) is 5.69 Å². The summed E-state index contributed by atoms with van der Waals surface area (Å²) in [5, 5.41) is 2.84. The highest BCUT2D eigenvalue weighted by Crippen LogP contribution is 2.30. The van der Waals surface area contributed by atoms with Gasteiger partial charge in [-0.25, -0.2) is 0 Å². The predicted octanol–water partition coefficient (Wildman–Crippen LogP) is 1.53. The second-order valence-electron chi connectivity index (χ2n) is 4.83. The Morgan fingerprint density at radius 2 is 2.21 bits per heavy atom. The van der Waals surface area contributed by atoms with Crippen LogP contribution in [0.25, 0.3) is 0 Å². The van der Waals surface area contributed by atoms with Crippen LogP contribution >= 0.6 is 0 Å². The number of anilines is 1. The van der Waals surface area contributed by atoms with Crippen molar-refractivity contribution in [3.63, 3.8) is 0 Å². The zero-order valence-electron chi connectivity index (χ0n) is 11.1. The maximum absolute atomic E-state index is 12.0. The SMILES string of the molecule is COCCOc1cccc(NC(=O)C2(N)CCC2)c1. The molecule has 5 nitrogen and oxygen atoms in total. The van der Waals surface area contributed by atoms with E-state index in [4.69, 9.17) is 15.2 Å². The molecule has 1 aromatic carbocycles. The van der Waals surface area contributed by atoms with Crippen LogP contribution in [0.2, 0.25) is 0 Å². The molecule has 1 aliphatic rings. The first-order valence-corrected chi connectivity index (χ1v) is 6.46. The Labute approximate surface area is 113 Å². The van der Waals surface area contributed by atoms with Gasteiger partial charge >= 0.3 is 0 Å². The molecule has 1 amide bonds. The molecule has 0 spiro atoms. The van der Waals surface area contributed by atoms with Crippen molar-refractivity contribution in [2.45, 2.75) is 24.8 Å². The Morgan fingerprint density at radius 1 is 1.42 bits per heavy atom. The van der Waals surface area contributed by atoms with Crippen molar-refractivity contribution in [3.8, 4) is 5.75 Å². The maximum Gasteiger partial charge on any atom is 0.244 e. The Bertz CT molecular complexity index is 444. The lowest BCUT2D eigenvalue weighted by molar-refractivity contribution is -0.123. The van der Waals surface area contributed by atoms with E-state index in [1.807, 2.05) is 18.2 Å². The molecule has 2 rings (SSSR count). The number of carbonyl (C=O) groups excluding carboxylic acids is 1. The molecule has 0 heterocycles. The van der Waals surface area contributed by atoms with E-state index in [2.05, 4.69) is 5.32 Å². The van der Waals surface area contributed by atoms with Gasteiger partial charge in [0.05, 0.1) is 12.1 Å². The quantitative estimate of drug-likeness (QED) is 0.764. The lowest BCUT2D eigenvalue weighted by Gasteiger charge is -2.36. The van der Waals surface area contributed by atoms with E-state index < -0.39 is 5.54 Å².